The molecule has 7 heteroatoms. The number of rotatable bonds is 8. The normalized spacial score (nSPS) is 11.0. The predicted octanol–water partition coefficient (Wildman–Crippen LogP) is 2.85. The number of likely N-dealkylation sites (N-methyl/N-ethyl adjacent to an activating group) is 1. The SMILES string of the molecule is COc1ccc(OCCN(C)Cc2nnc(-c3ccco3)o2)cc1. The van der Waals surface area contributed by atoms with E-state index in [0.717, 1.165) is 18.0 Å². The van der Waals surface area contributed by atoms with Gasteiger partial charge in [0.25, 0.3) is 5.89 Å². The summed E-state index contributed by atoms with van der Waals surface area (Å²) in [7, 11) is 3.60. The van der Waals surface area contributed by atoms with Gasteiger partial charge in [-0.05, 0) is 43.4 Å². The predicted molar refractivity (Wildman–Crippen MR) is 86.8 cm³/mol. The number of furan rings is 1. The smallest absolute Gasteiger partial charge is 0.283 e. The summed E-state index contributed by atoms with van der Waals surface area (Å²) in [6.45, 7) is 1.83. The molecule has 0 aliphatic rings. The molecule has 0 N–H and O–H groups in total. The summed E-state index contributed by atoms with van der Waals surface area (Å²) in [4.78, 5) is 2.04. The van der Waals surface area contributed by atoms with Crippen LogP contribution in [0.25, 0.3) is 11.7 Å². The van der Waals surface area contributed by atoms with Crippen LogP contribution in [0.15, 0.2) is 51.5 Å². The van der Waals surface area contributed by atoms with Crippen LogP contribution in [0.3, 0.4) is 0 Å². The Hall–Kier alpha value is -2.80. The molecule has 126 valence electrons. The zero-order valence-corrected chi connectivity index (χ0v) is 13.6. The average molecular weight is 329 g/mol. The standard InChI is InChI=1S/C17H19N3O4/c1-20(9-11-22-14-7-5-13(21-2)6-8-14)12-16-18-19-17(24-16)15-4-3-10-23-15/h3-8,10H,9,11-12H2,1-2H3. The van der Waals surface area contributed by atoms with Crippen molar-refractivity contribution in [2.45, 2.75) is 6.54 Å². The molecule has 24 heavy (non-hydrogen) atoms. The zero-order chi connectivity index (χ0) is 16.8. The third-order valence-electron chi connectivity index (χ3n) is 3.41. The molecule has 0 atom stereocenters. The highest BCUT2D eigenvalue weighted by Gasteiger charge is 2.12. The summed E-state index contributed by atoms with van der Waals surface area (Å²) in [6.07, 6.45) is 1.57. The molecule has 0 unspecified atom stereocenters. The van der Waals surface area contributed by atoms with Gasteiger partial charge in [0, 0.05) is 6.54 Å². The minimum absolute atomic E-state index is 0.387. The van der Waals surface area contributed by atoms with E-state index in [0.29, 0.717) is 30.7 Å². The monoisotopic (exact) mass is 329 g/mol. The molecule has 0 radical (unpaired) electrons. The van der Waals surface area contributed by atoms with E-state index in [9.17, 15) is 0 Å². The lowest BCUT2D eigenvalue weighted by molar-refractivity contribution is 0.220. The van der Waals surface area contributed by atoms with Gasteiger partial charge in [-0.25, -0.2) is 0 Å². The number of methoxy groups -OCH3 is 1. The molecule has 0 spiro atoms. The fourth-order valence-corrected chi connectivity index (χ4v) is 2.12. The minimum atomic E-state index is 0.387. The maximum atomic E-state index is 5.70. The molecule has 0 amide bonds. The Bertz CT molecular complexity index is 738. The topological polar surface area (TPSA) is 73.8 Å². The summed E-state index contributed by atoms with van der Waals surface area (Å²) >= 11 is 0. The van der Waals surface area contributed by atoms with Crippen molar-refractivity contribution < 1.29 is 18.3 Å². The molecule has 1 aromatic carbocycles. The number of benzene rings is 1. The van der Waals surface area contributed by atoms with Crippen molar-refractivity contribution in [2.24, 2.45) is 0 Å². The van der Waals surface area contributed by atoms with E-state index in [1.165, 1.54) is 0 Å². The van der Waals surface area contributed by atoms with Crippen LogP contribution in [0.1, 0.15) is 5.89 Å². The van der Waals surface area contributed by atoms with Crippen LogP contribution in [0.4, 0.5) is 0 Å². The van der Waals surface area contributed by atoms with Gasteiger partial charge in [0.15, 0.2) is 5.76 Å². The molecule has 3 aromatic rings. The highest BCUT2D eigenvalue weighted by atomic mass is 16.5. The molecule has 3 rings (SSSR count). The second kappa shape index (κ2) is 7.65. The van der Waals surface area contributed by atoms with Gasteiger partial charge in [-0.1, -0.05) is 0 Å². The summed E-state index contributed by atoms with van der Waals surface area (Å²) in [6, 6.07) is 11.1. The number of hydrogen-bond donors (Lipinski definition) is 0. The van der Waals surface area contributed by atoms with Gasteiger partial charge in [-0.15, -0.1) is 10.2 Å². The Labute approximate surface area is 139 Å². The van der Waals surface area contributed by atoms with E-state index < -0.39 is 0 Å². The second-order valence-corrected chi connectivity index (χ2v) is 5.24. The Morgan fingerprint density at radius 1 is 1.08 bits per heavy atom. The molecule has 0 aliphatic heterocycles. The number of ether oxygens (including phenoxy) is 2. The van der Waals surface area contributed by atoms with Crippen LogP contribution < -0.4 is 9.47 Å². The Kier molecular flexibility index (Phi) is 5.12. The fourth-order valence-electron chi connectivity index (χ4n) is 2.12. The third-order valence-corrected chi connectivity index (χ3v) is 3.41. The molecule has 7 nitrogen and oxygen atoms in total. The van der Waals surface area contributed by atoms with Crippen LogP contribution in [0.2, 0.25) is 0 Å². The van der Waals surface area contributed by atoms with Crippen molar-refractivity contribution in [2.75, 3.05) is 27.3 Å². The number of hydrogen-bond acceptors (Lipinski definition) is 7. The van der Waals surface area contributed by atoms with Crippen molar-refractivity contribution in [1.29, 1.82) is 0 Å². The van der Waals surface area contributed by atoms with Crippen molar-refractivity contribution in [3.05, 3.63) is 48.6 Å². The zero-order valence-electron chi connectivity index (χ0n) is 13.6. The van der Waals surface area contributed by atoms with Gasteiger partial charge in [0.05, 0.1) is 19.9 Å². The first kappa shape index (κ1) is 16.1. The molecule has 2 heterocycles. The quantitative estimate of drug-likeness (QED) is 0.629. The van der Waals surface area contributed by atoms with Gasteiger partial charge in [-0.2, -0.15) is 0 Å². The minimum Gasteiger partial charge on any atom is -0.497 e. The van der Waals surface area contributed by atoms with Crippen LogP contribution in [0, 0.1) is 0 Å². The number of aromatic nitrogens is 2. The van der Waals surface area contributed by atoms with E-state index in [-0.39, 0.29) is 0 Å². The number of nitrogens with zero attached hydrogens (tertiary/aromatic N) is 3. The van der Waals surface area contributed by atoms with Crippen molar-refractivity contribution in [3.63, 3.8) is 0 Å². The van der Waals surface area contributed by atoms with Gasteiger partial charge in [0.2, 0.25) is 5.89 Å². The van der Waals surface area contributed by atoms with Gasteiger partial charge >= 0.3 is 0 Å². The van der Waals surface area contributed by atoms with Crippen LogP contribution in [-0.2, 0) is 6.54 Å². The first-order valence-electron chi connectivity index (χ1n) is 7.56. The highest BCUT2D eigenvalue weighted by Crippen LogP contribution is 2.19. The third kappa shape index (κ3) is 4.14. The maximum absolute atomic E-state index is 5.70. The van der Waals surface area contributed by atoms with Crippen molar-refractivity contribution >= 4 is 0 Å². The Balaban J connectivity index is 1.44. The second-order valence-electron chi connectivity index (χ2n) is 5.24. The van der Waals surface area contributed by atoms with Gasteiger partial charge < -0.3 is 18.3 Å². The van der Waals surface area contributed by atoms with E-state index in [1.54, 1.807) is 25.5 Å². The van der Waals surface area contributed by atoms with E-state index in [2.05, 4.69) is 10.2 Å². The van der Waals surface area contributed by atoms with E-state index >= 15 is 0 Å². The molecule has 0 saturated carbocycles. The lowest BCUT2D eigenvalue weighted by Crippen LogP contribution is -2.24. The fraction of sp³-hybridized carbons (Fsp3) is 0.294. The summed E-state index contributed by atoms with van der Waals surface area (Å²) in [5.41, 5.74) is 0. The van der Waals surface area contributed by atoms with Crippen LogP contribution >= 0.6 is 0 Å². The molecule has 0 bridgehead atoms. The molecular formula is C17H19N3O4. The summed E-state index contributed by atoms with van der Waals surface area (Å²) < 4.78 is 21.6. The lowest BCUT2D eigenvalue weighted by atomic mass is 10.3. The highest BCUT2D eigenvalue weighted by molar-refractivity contribution is 5.42. The van der Waals surface area contributed by atoms with Crippen molar-refractivity contribution in [1.82, 2.24) is 15.1 Å². The Morgan fingerprint density at radius 2 is 1.88 bits per heavy atom. The Morgan fingerprint density at radius 3 is 2.58 bits per heavy atom. The molecule has 0 aliphatic carbocycles. The largest absolute Gasteiger partial charge is 0.497 e. The van der Waals surface area contributed by atoms with Crippen molar-refractivity contribution in [3.8, 4) is 23.1 Å². The van der Waals surface area contributed by atoms with Gasteiger partial charge in [-0.3, -0.25) is 4.90 Å². The van der Waals surface area contributed by atoms with E-state index in [4.69, 9.17) is 18.3 Å². The molecule has 0 saturated heterocycles. The lowest BCUT2D eigenvalue weighted by Gasteiger charge is -2.14. The van der Waals surface area contributed by atoms with Gasteiger partial charge in [0.1, 0.15) is 18.1 Å². The maximum Gasteiger partial charge on any atom is 0.283 e. The average Bonchev–Trinajstić information content (AvgIpc) is 3.27. The summed E-state index contributed by atoms with van der Waals surface area (Å²) in [5.74, 6) is 3.11. The van der Waals surface area contributed by atoms with Crippen LogP contribution in [0.5, 0.6) is 11.5 Å². The molecule has 0 fully saturated rings. The summed E-state index contributed by atoms with van der Waals surface area (Å²) in [5, 5.41) is 8.00. The molecular weight excluding hydrogens is 310 g/mol. The first-order chi connectivity index (χ1) is 11.7. The molecule has 2 aromatic heterocycles. The van der Waals surface area contributed by atoms with E-state index in [1.807, 2.05) is 36.2 Å². The van der Waals surface area contributed by atoms with Crippen LogP contribution in [-0.4, -0.2) is 42.4 Å². The first-order valence-corrected chi connectivity index (χ1v) is 7.56.